The van der Waals surface area contributed by atoms with Crippen LogP contribution in [0, 0.1) is 0 Å². The van der Waals surface area contributed by atoms with Gasteiger partial charge in [-0.3, -0.25) is 0 Å². The zero-order chi connectivity index (χ0) is 9.40. The van der Waals surface area contributed by atoms with Crippen molar-refractivity contribution in [3.05, 3.63) is 12.2 Å². The van der Waals surface area contributed by atoms with Gasteiger partial charge in [0, 0.05) is 0 Å². The summed E-state index contributed by atoms with van der Waals surface area (Å²) in [4.78, 5) is 0. The fourth-order valence-corrected chi connectivity index (χ4v) is 0.752. The Bertz CT molecular complexity index is 114. The third-order valence-electron chi connectivity index (χ3n) is 1.41. The van der Waals surface area contributed by atoms with Crippen LogP contribution in [-0.2, 0) is 0 Å². The van der Waals surface area contributed by atoms with Crippen molar-refractivity contribution in [1.29, 1.82) is 0 Å². The molecule has 2 atom stereocenters. The van der Waals surface area contributed by atoms with Crippen LogP contribution in [-0.4, -0.2) is 25.4 Å². The number of nitrogens with two attached hydrogens (primary N) is 2. The predicted octanol–water partition coefficient (Wildman–Crippen LogP) is 0.916. The maximum Gasteiger partial charge on any atom is 0.120 e. The topological polar surface area (TPSA) is 52.0 Å². The number of hydrogen-bond acceptors (Lipinski definition) is 2. The van der Waals surface area contributed by atoms with Crippen molar-refractivity contribution in [1.82, 2.24) is 0 Å². The van der Waals surface area contributed by atoms with Crippen LogP contribution in [0.1, 0.15) is 12.8 Å². The third kappa shape index (κ3) is 6.24. The van der Waals surface area contributed by atoms with Gasteiger partial charge < -0.3 is 11.5 Å². The van der Waals surface area contributed by atoms with Gasteiger partial charge in [-0.05, 0) is 25.9 Å². The molecule has 2 nitrogen and oxygen atoms in total. The average molecular weight is 178 g/mol. The summed E-state index contributed by atoms with van der Waals surface area (Å²) in [6.07, 6.45) is 0.620. The van der Waals surface area contributed by atoms with Crippen molar-refractivity contribution in [3.8, 4) is 0 Å². The lowest BCUT2D eigenvalue weighted by Crippen LogP contribution is -2.09. The van der Waals surface area contributed by atoms with E-state index in [-0.39, 0.29) is 25.9 Å². The first-order valence-corrected chi connectivity index (χ1v) is 4.07. The van der Waals surface area contributed by atoms with E-state index in [2.05, 4.69) is 0 Å². The molecule has 4 heteroatoms. The smallest absolute Gasteiger partial charge is 0.120 e. The molecule has 0 spiro atoms. The van der Waals surface area contributed by atoms with Crippen molar-refractivity contribution in [2.45, 2.75) is 25.2 Å². The molecule has 0 rings (SSSR count). The summed E-state index contributed by atoms with van der Waals surface area (Å²) >= 11 is 0. The van der Waals surface area contributed by atoms with E-state index in [1.165, 1.54) is 12.2 Å². The monoisotopic (exact) mass is 178 g/mol. The number of rotatable bonds is 6. The van der Waals surface area contributed by atoms with Gasteiger partial charge >= 0.3 is 0 Å². The Hall–Kier alpha value is -0.480. The van der Waals surface area contributed by atoms with Gasteiger partial charge in [0.25, 0.3) is 0 Å². The number of halogens is 2. The van der Waals surface area contributed by atoms with Gasteiger partial charge in [0.2, 0.25) is 0 Å². The molecule has 0 radical (unpaired) electrons. The maximum absolute atomic E-state index is 12.6. The standard InChI is InChI=1S/C8H16F2N2/c9-7(3-5-11)1-2-8(10)4-6-12/h1-2,7-8H,3-6,11-12H2. The summed E-state index contributed by atoms with van der Waals surface area (Å²) in [5.74, 6) is 0. The van der Waals surface area contributed by atoms with Gasteiger partial charge in [-0.25, -0.2) is 8.78 Å². The second-order valence-electron chi connectivity index (χ2n) is 2.57. The minimum atomic E-state index is -1.13. The molecule has 0 aliphatic carbocycles. The van der Waals surface area contributed by atoms with Gasteiger partial charge in [-0.1, -0.05) is 12.2 Å². The fourth-order valence-electron chi connectivity index (χ4n) is 0.752. The number of allylic oxidation sites excluding steroid dienone is 2. The molecule has 0 aromatic heterocycles. The molecule has 0 aromatic carbocycles. The Kier molecular flexibility index (Phi) is 6.90. The van der Waals surface area contributed by atoms with Crippen molar-refractivity contribution in [2.75, 3.05) is 13.1 Å². The minimum Gasteiger partial charge on any atom is -0.330 e. The van der Waals surface area contributed by atoms with Crippen molar-refractivity contribution >= 4 is 0 Å². The molecule has 0 saturated carbocycles. The molecule has 2 unspecified atom stereocenters. The molecule has 0 saturated heterocycles. The summed E-state index contributed by atoms with van der Waals surface area (Å²) in [5.41, 5.74) is 10.2. The molecule has 0 bridgehead atoms. The van der Waals surface area contributed by atoms with E-state index in [0.717, 1.165) is 0 Å². The normalized spacial score (nSPS) is 16.7. The van der Waals surface area contributed by atoms with Crippen LogP contribution >= 0.6 is 0 Å². The molecule has 0 amide bonds. The van der Waals surface area contributed by atoms with E-state index >= 15 is 0 Å². The highest BCUT2D eigenvalue weighted by Gasteiger charge is 2.02. The maximum atomic E-state index is 12.6. The molecular weight excluding hydrogens is 162 g/mol. The first-order valence-electron chi connectivity index (χ1n) is 4.07. The second kappa shape index (κ2) is 7.18. The van der Waals surface area contributed by atoms with Crippen LogP contribution in [0.15, 0.2) is 12.2 Å². The molecule has 12 heavy (non-hydrogen) atoms. The molecule has 0 fully saturated rings. The van der Waals surface area contributed by atoms with Crippen LogP contribution in [0.3, 0.4) is 0 Å². The molecular formula is C8H16F2N2. The molecule has 4 N–H and O–H groups in total. The van der Waals surface area contributed by atoms with Gasteiger partial charge in [0.05, 0.1) is 0 Å². The van der Waals surface area contributed by atoms with Crippen molar-refractivity contribution in [2.24, 2.45) is 11.5 Å². The quantitative estimate of drug-likeness (QED) is 0.594. The summed E-state index contributed by atoms with van der Waals surface area (Å²) in [6, 6.07) is 0. The Labute approximate surface area is 71.6 Å². The van der Waals surface area contributed by atoms with Gasteiger partial charge in [0.15, 0.2) is 0 Å². The third-order valence-corrected chi connectivity index (χ3v) is 1.41. The van der Waals surface area contributed by atoms with Gasteiger partial charge in [0.1, 0.15) is 12.3 Å². The Morgan fingerprint density at radius 2 is 1.25 bits per heavy atom. The summed E-state index contributed by atoms with van der Waals surface area (Å²) in [6.45, 7) is 0.554. The predicted molar refractivity (Wildman–Crippen MR) is 46.3 cm³/mol. The lowest BCUT2D eigenvalue weighted by atomic mass is 10.2. The van der Waals surface area contributed by atoms with Gasteiger partial charge in [-0.15, -0.1) is 0 Å². The summed E-state index contributed by atoms with van der Waals surface area (Å²) in [7, 11) is 0. The van der Waals surface area contributed by atoms with E-state index in [9.17, 15) is 8.78 Å². The summed E-state index contributed by atoms with van der Waals surface area (Å²) in [5, 5.41) is 0. The highest BCUT2D eigenvalue weighted by molar-refractivity contribution is 4.94. The van der Waals surface area contributed by atoms with E-state index in [4.69, 9.17) is 11.5 Å². The lowest BCUT2D eigenvalue weighted by molar-refractivity contribution is 0.361. The first-order chi connectivity index (χ1) is 5.70. The molecule has 0 aromatic rings. The van der Waals surface area contributed by atoms with E-state index in [1.54, 1.807) is 0 Å². The highest BCUT2D eigenvalue weighted by atomic mass is 19.1. The van der Waals surface area contributed by atoms with Crippen LogP contribution in [0.4, 0.5) is 8.78 Å². The van der Waals surface area contributed by atoms with Crippen molar-refractivity contribution < 1.29 is 8.78 Å². The molecule has 72 valence electrons. The van der Waals surface area contributed by atoms with E-state index in [0.29, 0.717) is 0 Å². The summed E-state index contributed by atoms with van der Waals surface area (Å²) < 4.78 is 25.3. The lowest BCUT2D eigenvalue weighted by Gasteiger charge is -2.01. The fraction of sp³-hybridized carbons (Fsp3) is 0.750. The Morgan fingerprint density at radius 3 is 1.50 bits per heavy atom. The first kappa shape index (κ1) is 11.5. The van der Waals surface area contributed by atoms with Crippen LogP contribution in [0.2, 0.25) is 0 Å². The highest BCUT2D eigenvalue weighted by Crippen LogP contribution is 2.03. The average Bonchev–Trinajstić information content (AvgIpc) is 2.02. The van der Waals surface area contributed by atoms with Crippen LogP contribution in [0.25, 0.3) is 0 Å². The zero-order valence-electron chi connectivity index (χ0n) is 7.05. The number of alkyl halides is 2. The minimum absolute atomic E-state index is 0.242. The van der Waals surface area contributed by atoms with E-state index in [1.807, 2.05) is 0 Å². The Balaban J connectivity index is 3.57. The molecule has 0 aliphatic heterocycles. The zero-order valence-corrected chi connectivity index (χ0v) is 7.05. The van der Waals surface area contributed by atoms with Crippen LogP contribution < -0.4 is 11.5 Å². The molecule has 0 aliphatic rings. The Morgan fingerprint density at radius 1 is 0.917 bits per heavy atom. The van der Waals surface area contributed by atoms with Crippen LogP contribution in [0.5, 0.6) is 0 Å². The van der Waals surface area contributed by atoms with E-state index < -0.39 is 12.3 Å². The van der Waals surface area contributed by atoms with Crippen molar-refractivity contribution in [3.63, 3.8) is 0 Å². The second-order valence-corrected chi connectivity index (χ2v) is 2.57. The van der Waals surface area contributed by atoms with Gasteiger partial charge in [-0.2, -0.15) is 0 Å². The SMILES string of the molecule is NCCC(F)C=CC(F)CCN. The number of hydrogen-bond donors (Lipinski definition) is 2. The molecule has 0 heterocycles. The largest absolute Gasteiger partial charge is 0.330 e.